The molecule has 0 aliphatic heterocycles. The maximum Gasteiger partial charge on any atom is 0.127 e. The van der Waals surface area contributed by atoms with Crippen molar-refractivity contribution in [3.63, 3.8) is 0 Å². The summed E-state index contributed by atoms with van der Waals surface area (Å²) in [5, 5.41) is 9.48. The molecule has 0 amide bonds. The van der Waals surface area contributed by atoms with E-state index in [2.05, 4.69) is 29.9 Å². The molecule has 4 heteroatoms. The second-order valence-electron chi connectivity index (χ2n) is 4.82. The zero-order chi connectivity index (χ0) is 15.1. The third-order valence-electron chi connectivity index (χ3n) is 3.32. The van der Waals surface area contributed by atoms with Gasteiger partial charge in [0.15, 0.2) is 0 Å². The summed E-state index contributed by atoms with van der Waals surface area (Å²) in [5.41, 5.74) is 5.15. The van der Waals surface area contributed by atoms with Crippen molar-refractivity contribution in [2.45, 2.75) is 24.0 Å². The van der Waals surface area contributed by atoms with Gasteiger partial charge in [0.1, 0.15) is 6.10 Å². The van der Waals surface area contributed by atoms with Gasteiger partial charge in [0.05, 0.1) is 12.6 Å². The topological polar surface area (TPSA) is 41.5 Å². The lowest BCUT2D eigenvalue weighted by Crippen LogP contribution is -2.24. The van der Waals surface area contributed by atoms with Crippen LogP contribution in [0.25, 0.3) is 0 Å². The molecule has 21 heavy (non-hydrogen) atoms. The van der Waals surface area contributed by atoms with Gasteiger partial charge in [-0.3, -0.25) is 4.84 Å². The fourth-order valence-electron chi connectivity index (χ4n) is 2.04. The van der Waals surface area contributed by atoms with Crippen LogP contribution in [0.2, 0.25) is 0 Å². The summed E-state index contributed by atoms with van der Waals surface area (Å²) >= 11 is 1.72. The minimum Gasteiger partial charge on any atom is -0.393 e. The summed E-state index contributed by atoms with van der Waals surface area (Å²) in [6.45, 7) is 1.98. The number of nitrogens with one attached hydrogen (secondary N) is 1. The number of benzene rings is 2. The first-order valence-corrected chi connectivity index (χ1v) is 8.18. The maximum atomic E-state index is 9.48. The van der Waals surface area contributed by atoms with Crippen molar-refractivity contribution in [1.82, 2.24) is 5.48 Å². The van der Waals surface area contributed by atoms with Gasteiger partial charge in [-0.15, -0.1) is 11.8 Å². The van der Waals surface area contributed by atoms with Crippen molar-refractivity contribution in [2.75, 3.05) is 12.9 Å². The van der Waals surface area contributed by atoms with E-state index in [1.807, 2.05) is 43.3 Å². The number of thioether (sulfide) groups is 1. The first kappa shape index (κ1) is 16.0. The SMILES string of the molecule is CSc1cccc([C@@H](C)NO[C@H](CO)c2ccccc2)c1. The van der Waals surface area contributed by atoms with Crippen LogP contribution in [0.5, 0.6) is 0 Å². The zero-order valence-electron chi connectivity index (χ0n) is 12.3. The number of hydrogen-bond acceptors (Lipinski definition) is 4. The van der Waals surface area contributed by atoms with Crippen LogP contribution in [0, 0.1) is 0 Å². The van der Waals surface area contributed by atoms with E-state index in [0.29, 0.717) is 0 Å². The normalized spacial score (nSPS) is 13.9. The summed E-state index contributed by atoms with van der Waals surface area (Å²) in [6, 6.07) is 18.1. The molecule has 0 heterocycles. The van der Waals surface area contributed by atoms with Crippen LogP contribution in [0.15, 0.2) is 59.5 Å². The molecule has 0 aliphatic rings. The van der Waals surface area contributed by atoms with Gasteiger partial charge in [-0.2, -0.15) is 5.48 Å². The molecule has 0 spiro atoms. The largest absolute Gasteiger partial charge is 0.393 e. The quantitative estimate of drug-likeness (QED) is 0.604. The summed E-state index contributed by atoms with van der Waals surface area (Å²) in [7, 11) is 0. The van der Waals surface area contributed by atoms with E-state index >= 15 is 0 Å². The molecular formula is C17H21NO2S. The molecule has 3 nitrogen and oxygen atoms in total. The Labute approximate surface area is 130 Å². The van der Waals surface area contributed by atoms with E-state index in [0.717, 1.165) is 11.1 Å². The van der Waals surface area contributed by atoms with Crippen LogP contribution in [0.4, 0.5) is 0 Å². The lowest BCUT2D eigenvalue weighted by Gasteiger charge is -2.20. The van der Waals surface area contributed by atoms with Crippen molar-refractivity contribution >= 4 is 11.8 Å². The van der Waals surface area contributed by atoms with E-state index < -0.39 is 0 Å². The van der Waals surface area contributed by atoms with Crippen LogP contribution in [0.1, 0.15) is 30.2 Å². The van der Waals surface area contributed by atoms with E-state index in [1.165, 1.54) is 4.90 Å². The number of rotatable bonds is 7. The highest BCUT2D eigenvalue weighted by molar-refractivity contribution is 7.98. The van der Waals surface area contributed by atoms with Gasteiger partial charge in [-0.1, -0.05) is 42.5 Å². The average molecular weight is 303 g/mol. The second-order valence-corrected chi connectivity index (χ2v) is 5.70. The highest BCUT2D eigenvalue weighted by Crippen LogP contribution is 2.22. The molecule has 0 unspecified atom stereocenters. The molecule has 2 aromatic rings. The Bertz CT molecular complexity index is 547. The molecule has 0 radical (unpaired) electrons. The average Bonchev–Trinajstić information content (AvgIpc) is 2.56. The minimum absolute atomic E-state index is 0.0508. The van der Waals surface area contributed by atoms with E-state index in [4.69, 9.17) is 4.84 Å². The van der Waals surface area contributed by atoms with Gasteiger partial charge < -0.3 is 5.11 Å². The Morgan fingerprint density at radius 1 is 1.10 bits per heavy atom. The Hall–Kier alpha value is -1.33. The molecule has 0 bridgehead atoms. The molecule has 2 aromatic carbocycles. The Balaban J connectivity index is 1.97. The van der Waals surface area contributed by atoms with Crippen LogP contribution in [0.3, 0.4) is 0 Å². The smallest absolute Gasteiger partial charge is 0.127 e. The van der Waals surface area contributed by atoms with Crippen molar-refractivity contribution in [1.29, 1.82) is 0 Å². The van der Waals surface area contributed by atoms with E-state index in [1.54, 1.807) is 11.8 Å². The van der Waals surface area contributed by atoms with Crippen molar-refractivity contribution in [3.05, 3.63) is 65.7 Å². The summed E-state index contributed by atoms with van der Waals surface area (Å²) in [5.74, 6) is 0. The van der Waals surface area contributed by atoms with Crippen molar-refractivity contribution in [3.8, 4) is 0 Å². The van der Waals surface area contributed by atoms with Crippen LogP contribution >= 0.6 is 11.8 Å². The molecule has 0 aliphatic carbocycles. The third-order valence-corrected chi connectivity index (χ3v) is 4.04. The van der Waals surface area contributed by atoms with Crippen molar-refractivity contribution in [2.24, 2.45) is 0 Å². The molecule has 112 valence electrons. The lowest BCUT2D eigenvalue weighted by atomic mass is 10.1. The first-order valence-electron chi connectivity index (χ1n) is 6.95. The predicted octanol–water partition coefficient (Wildman–Crippen LogP) is 3.72. The van der Waals surface area contributed by atoms with E-state index in [-0.39, 0.29) is 18.8 Å². The van der Waals surface area contributed by atoms with Gasteiger partial charge in [-0.05, 0) is 36.4 Å². The van der Waals surface area contributed by atoms with Gasteiger partial charge in [-0.25, -0.2) is 0 Å². The summed E-state index contributed by atoms with van der Waals surface area (Å²) in [4.78, 5) is 6.89. The van der Waals surface area contributed by atoms with E-state index in [9.17, 15) is 5.11 Å². The number of hydrogen-bond donors (Lipinski definition) is 2. The molecule has 0 saturated carbocycles. The fourth-order valence-corrected chi connectivity index (χ4v) is 2.51. The number of aliphatic hydroxyl groups excluding tert-OH is 1. The van der Waals surface area contributed by atoms with Gasteiger partial charge in [0.2, 0.25) is 0 Å². The molecule has 0 saturated heterocycles. The lowest BCUT2D eigenvalue weighted by molar-refractivity contribution is -0.0668. The minimum atomic E-state index is -0.364. The first-order chi connectivity index (χ1) is 10.2. The van der Waals surface area contributed by atoms with Crippen LogP contribution in [-0.2, 0) is 4.84 Å². The molecule has 0 aromatic heterocycles. The van der Waals surface area contributed by atoms with Crippen LogP contribution in [-0.4, -0.2) is 18.0 Å². The second kappa shape index (κ2) is 8.20. The zero-order valence-corrected chi connectivity index (χ0v) is 13.1. The number of hydroxylamine groups is 1. The number of aliphatic hydroxyl groups is 1. The monoisotopic (exact) mass is 303 g/mol. The standard InChI is InChI=1S/C17H21NO2S/c1-13(15-9-6-10-16(11-15)21-2)18-20-17(12-19)14-7-4-3-5-8-14/h3-11,13,17-19H,12H2,1-2H3/t13-,17-/m1/s1. The molecular weight excluding hydrogens is 282 g/mol. The fraction of sp³-hybridized carbons (Fsp3) is 0.294. The highest BCUT2D eigenvalue weighted by Gasteiger charge is 2.13. The third kappa shape index (κ3) is 4.58. The molecule has 2 atom stereocenters. The van der Waals surface area contributed by atoms with Gasteiger partial charge in [0.25, 0.3) is 0 Å². The van der Waals surface area contributed by atoms with Gasteiger partial charge in [0, 0.05) is 4.90 Å². The molecule has 2 rings (SSSR count). The summed E-state index contributed by atoms with van der Waals surface area (Å²) < 4.78 is 0. The molecule has 2 N–H and O–H groups in total. The predicted molar refractivity (Wildman–Crippen MR) is 87.1 cm³/mol. The van der Waals surface area contributed by atoms with Gasteiger partial charge >= 0.3 is 0 Å². The maximum absolute atomic E-state index is 9.48. The summed E-state index contributed by atoms with van der Waals surface area (Å²) in [6.07, 6.45) is 1.70. The Morgan fingerprint density at radius 3 is 2.48 bits per heavy atom. The Kier molecular flexibility index (Phi) is 6.26. The highest BCUT2D eigenvalue weighted by atomic mass is 32.2. The van der Waals surface area contributed by atoms with Crippen LogP contribution < -0.4 is 5.48 Å². The molecule has 0 fully saturated rings. The van der Waals surface area contributed by atoms with Crippen molar-refractivity contribution < 1.29 is 9.94 Å². The Morgan fingerprint density at radius 2 is 1.81 bits per heavy atom.